The molecule has 20 heavy (non-hydrogen) atoms. The lowest BCUT2D eigenvalue weighted by Crippen LogP contribution is -2.24. The van der Waals surface area contributed by atoms with Crippen molar-refractivity contribution in [2.24, 2.45) is 0 Å². The van der Waals surface area contributed by atoms with Crippen molar-refractivity contribution in [2.45, 2.75) is 39.0 Å². The highest BCUT2D eigenvalue weighted by molar-refractivity contribution is 5.94. The molecular formula is C16H25NO3. The number of carbonyl (C=O) groups excluding carboxylic acids is 1. The Morgan fingerprint density at radius 2 is 1.75 bits per heavy atom. The molecule has 0 saturated carbocycles. The van der Waals surface area contributed by atoms with Gasteiger partial charge in [-0.3, -0.25) is 4.79 Å². The van der Waals surface area contributed by atoms with Gasteiger partial charge in [-0.25, -0.2) is 0 Å². The van der Waals surface area contributed by atoms with Gasteiger partial charge in [-0.05, 0) is 24.6 Å². The third-order valence-corrected chi connectivity index (χ3v) is 3.21. The molecule has 0 bridgehead atoms. The van der Waals surface area contributed by atoms with Crippen molar-refractivity contribution in [1.29, 1.82) is 0 Å². The minimum absolute atomic E-state index is 0.0681. The molecule has 1 rings (SSSR count). The fraction of sp³-hybridized carbons (Fsp3) is 0.562. The molecule has 0 fully saturated rings. The quantitative estimate of drug-likeness (QED) is 0.705. The van der Waals surface area contributed by atoms with Crippen molar-refractivity contribution in [3.05, 3.63) is 23.8 Å². The number of ether oxygens (including phenoxy) is 2. The Bertz CT molecular complexity index is 418. The molecule has 1 aromatic rings. The Balaban J connectivity index is 2.43. The van der Waals surface area contributed by atoms with Crippen LogP contribution < -0.4 is 14.8 Å². The summed E-state index contributed by atoms with van der Waals surface area (Å²) in [6, 6.07) is 5.19. The largest absolute Gasteiger partial charge is 0.493 e. The summed E-state index contributed by atoms with van der Waals surface area (Å²) in [5, 5.41) is 2.93. The molecule has 0 saturated heterocycles. The van der Waals surface area contributed by atoms with Gasteiger partial charge in [-0.1, -0.05) is 32.6 Å². The number of benzene rings is 1. The topological polar surface area (TPSA) is 47.6 Å². The van der Waals surface area contributed by atoms with Crippen molar-refractivity contribution in [2.75, 3.05) is 20.8 Å². The highest BCUT2D eigenvalue weighted by Gasteiger charge is 2.09. The molecule has 1 N–H and O–H groups in total. The number of hydrogen-bond acceptors (Lipinski definition) is 3. The van der Waals surface area contributed by atoms with E-state index in [4.69, 9.17) is 9.47 Å². The number of rotatable bonds is 9. The van der Waals surface area contributed by atoms with Gasteiger partial charge in [0.1, 0.15) is 0 Å². The summed E-state index contributed by atoms with van der Waals surface area (Å²) in [6.07, 6.45) is 5.93. The Morgan fingerprint density at radius 1 is 1.05 bits per heavy atom. The fourth-order valence-corrected chi connectivity index (χ4v) is 2.01. The number of amides is 1. The Hall–Kier alpha value is -1.71. The molecule has 0 atom stereocenters. The minimum atomic E-state index is -0.0681. The number of hydrogen-bond donors (Lipinski definition) is 1. The highest BCUT2D eigenvalue weighted by Crippen LogP contribution is 2.27. The van der Waals surface area contributed by atoms with Crippen LogP contribution in [-0.2, 0) is 0 Å². The zero-order chi connectivity index (χ0) is 14.8. The van der Waals surface area contributed by atoms with E-state index in [1.807, 2.05) is 0 Å². The standard InChI is InChI=1S/C16H25NO3/c1-4-5-6-7-8-11-17-16(18)13-9-10-14(19-2)15(12-13)20-3/h9-10,12H,4-8,11H2,1-3H3,(H,17,18). The molecule has 0 aromatic heterocycles. The summed E-state index contributed by atoms with van der Waals surface area (Å²) in [5.41, 5.74) is 0.594. The van der Waals surface area contributed by atoms with Crippen LogP contribution in [0, 0.1) is 0 Å². The molecule has 0 spiro atoms. The summed E-state index contributed by atoms with van der Waals surface area (Å²) in [6.45, 7) is 2.91. The van der Waals surface area contributed by atoms with Gasteiger partial charge in [0, 0.05) is 12.1 Å². The average molecular weight is 279 g/mol. The first-order valence-electron chi connectivity index (χ1n) is 7.23. The Kier molecular flexibility index (Phi) is 7.55. The van der Waals surface area contributed by atoms with Crippen LogP contribution in [0.2, 0.25) is 0 Å². The maximum absolute atomic E-state index is 12.0. The van der Waals surface area contributed by atoms with Gasteiger partial charge in [0.2, 0.25) is 0 Å². The molecule has 112 valence electrons. The van der Waals surface area contributed by atoms with Gasteiger partial charge in [0.05, 0.1) is 14.2 Å². The summed E-state index contributed by atoms with van der Waals surface area (Å²) in [7, 11) is 3.14. The van der Waals surface area contributed by atoms with E-state index in [1.54, 1.807) is 32.4 Å². The van der Waals surface area contributed by atoms with Crippen molar-refractivity contribution in [1.82, 2.24) is 5.32 Å². The second-order valence-corrected chi connectivity index (χ2v) is 4.74. The van der Waals surface area contributed by atoms with Crippen LogP contribution >= 0.6 is 0 Å². The molecule has 1 aromatic carbocycles. The van der Waals surface area contributed by atoms with Gasteiger partial charge in [0.15, 0.2) is 11.5 Å². The zero-order valence-electron chi connectivity index (χ0n) is 12.7. The third-order valence-electron chi connectivity index (χ3n) is 3.21. The Morgan fingerprint density at radius 3 is 2.40 bits per heavy atom. The van der Waals surface area contributed by atoms with E-state index >= 15 is 0 Å². The lowest BCUT2D eigenvalue weighted by atomic mass is 10.1. The lowest BCUT2D eigenvalue weighted by Gasteiger charge is -2.10. The molecule has 1 amide bonds. The van der Waals surface area contributed by atoms with Crippen LogP contribution in [0.3, 0.4) is 0 Å². The molecule has 0 radical (unpaired) electrons. The van der Waals surface area contributed by atoms with E-state index in [-0.39, 0.29) is 5.91 Å². The van der Waals surface area contributed by atoms with Gasteiger partial charge in [-0.15, -0.1) is 0 Å². The van der Waals surface area contributed by atoms with Gasteiger partial charge >= 0.3 is 0 Å². The SMILES string of the molecule is CCCCCCCNC(=O)c1ccc(OC)c(OC)c1. The first kappa shape index (κ1) is 16.3. The summed E-state index contributed by atoms with van der Waals surface area (Å²) >= 11 is 0. The van der Waals surface area contributed by atoms with E-state index in [9.17, 15) is 4.79 Å². The molecular weight excluding hydrogens is 254 g/mol. The lowest BCUT2D eigenvalue weighted by molar-refractivity contribution is 0.0952. The van der Waals surface area contributed by atoms with Crippen LogP contribution in [0.15, 0.2) is 18.2 Å². The summed E-state index contributed by atoms with van der Waals surface area (Å²) in [5.74, 6) is 1.13. The van der Waals surface area contributed by atoms with Crippen LogP contribution in [0.25, 0.3) is 0 Å². The first-order valence-corrected chi connectivity index (χ1v) is 7.23. The van der Waals surface area contributed by atoms with Gasteiger partial charge < -0.3 is 14.8 Å². The van der Waals surface area contributed by atoms with Crippen LogP contribution in [-0.4, -0.2) is 26.7 Å². The smallest absolute Gasteiger partial charge is 0.251 e. The predicted octanol–water partition coefficient (Wildman–Crippen LogP) is 3.40. The maximum Gasteiger partial charge on any atom is 0.251 e. The molecule has 0 aliphatic rings. The van der Waals surface area contributed by atoms with Crippen molar-refractivity contribution < 1.29 is 14.3 Å². The van der Waals surface area contributed by atoms with E-state index in [0.29, 0.717) is 17.1 Å². The molecule has 0 unspecified atom stereocenters. The van der Waals surface area contributed by atoms with Crippen molar-refractivity contribution >= 4 is 5.91 Å². The van der Waals surface area contributed by atoms with Crippen molar-refractivity contribution in [3.63, 3.8) is 0 Å². The number of carbonyl (C=O) groups is 1. The predicted molar refractivity (Wildman–Crippen MR) is 80.6 cm³/mol. The normalized spacial score (nSPS) is 10.2. The van der Waals surface area contributed by atoms with E-state index < -0.39 is 0 Å². The second kappa shape index (κ2) is 9.23. The highest BCUT2D eigenvalue weighted by atomic mass is 16.5. The van der Waals surface area contributed by atoms with Crippen LogP contribution in [0.5, 0.6) is 11.5 Å². The second-order valence-electron chi connectivity index (χ2n) is 4.74. The minimum Gasteiger partial charge on any atom is -0.493 e. The monoisotopic (exact) mass is 279 g/mol. The maximum atomic E-state index is 12.0. The fourth-order valence-electron chi connectivity index (χ4n) is 2.01. The zero-order valence-corrected chi connectivity index (χ0v) is 12.7. The van der Waals surface area contributed by atoms with E-state index in [1.165, 1.54) is 25.7 Å². The van der Waals surface area contributed by atoms with Gasteiger partial charge in [0.25, 0.3) is 5.91 Å². The van der Waals surface area contributed by atoms with Crippen LogP contribution in [0.4, 0.5) is 0 Å². The Labute approximate surface area is 121 Å². The molecule has 0 aliphatic carbocycles. The van der Waals surface area contributed by atoms with Crippen molar-refractivity contribution in [3.8, 4) is 11.5 Å². The van der Waals surface area contributed by atoms with Crippen LogP contribution in [0.1, 0.15) is 49.4 Å². The number of methoxy groups -OCH3 is 2. The van der Waals surface area contributed by atoms with E-state index in [2.05, 4.69) is 12.2 Å². The average Bonchev–Trinajstić information content (AvgIpc) is 2.49. The molecule has 4 nitrogen and oxygen atoms in total. The van der Waals surface area contributed by atoms with E-state index in [0.717, 1.165) is 13.0 Å². The summed E-state index contributed by atoms with van der Waals surface area (Å²) in [4.78, 5) is 12.0. The molecule has 0 aliphatic heterocycles. The molecule has 4 heteroatoms. The first-order chi connectivity index (χ1) is 9.72. The molecule has 0 heterocycles. The number of unbranched alkanes of at least 4 members (excludes halogenated alkanes) is 4. The number of nitrogens with one attached hydrogen (secondary N) is 1. The van der Waals surface area contributed by atoms with Gasteiger partial charge in [-0.2, -0.15) is 0 Å². The summed E-state index contributed by atoms with van der Waals surface area (Å²) < 4.78 is 10.3. The third kappa shape index (κ3) is 5.11.